The van der Waals surface area contributed by atoms with Crippen molar-refractivity contribution in [3.63, 3.8) is 0 Å². The first kappa shape index (κ1) is 28.6. The maximum atomic E-state index is 9.96. The summed E-state index contributed by atoms with van der Waals surface area (Å²) in [6, 6.07) is 7.94. The molecule has 0 spiro atoms. The smallest absolute Gasteiger partial charge is 0.345 e. The zero-order chi connectivity index (χ0) is 21.4. The van der Waals surface area contributed by atoms with Gasteiger partial charge in [-0.1, -0.05) is 12.1 Å². The standard InChI is InChI=1S/C7H13N2O2.C7H6N2.C4H8N2O2.Co/c1-4-5-11-9-7(3)6(2)8-10;1-2-4-7-6(3-1)8-5-9-7;1-3(5-7)4(2)6-8;/h9H,1,4-5H2,2-3H3;1-5H,(H,8,9);5,7H,1-2H3;/q-1;;;+2. The third-order valence-corrected chi connectivity index (χ3v) is 3.33. The number of nitroso groups, excluding NO2 is 2. The number of benzene rings is 1. The molecule has 0 saturated carbocycles. The Morgan fingerprint density at radius 3 is 2.21 bits per heavy atom. The monoisotopic (exact) mass is 450 g/mol. The number of allylic oxidation sites excluding steroid dienone is 4. The van der Waals surface area contributed by atoms with E-state index in [1.807, 2.05) is 24.3 Å². The van der Waals surface area contributed by atoms with Gasteiger partial charge in [0.1, 0.15) is 11.4 Å². The van der Waals surface area contributed by atoms with Crippen LogP contribution in [0.2, 0.25) is 0 Å². The molecule has 0 aliphatic rings. The molecular weight excluding hydrogens is 423 g/mol. The summed E-state index contributed by atoms with van der Waals surface area (Å²) in [4.78, 5) is 31.6. The summed E-state index contributed by atoms with van der Waals surface area (Å²) in [6.07, 6.45) is 2.39. The van der Waals surface area contributed by atoms with E-state index in [0.29, 0.717) is 30.1 Å². The predicted octanol–water partition coefficient (Wildman–Crippen LogP) is 4.29. The zero-order valence-corrected chi connectivity index (χ0v) is 17.9. The molecule has 1 radical (unpaired) electrons. The van der Waals surface area contributed by atoms with Crippen LogP contribution in [0.1, 0.15) is 34.1 Å². The van der Waals surface area contributed by atoms with Gasteiger partial charge in [0.05, 0.1) is 28.8 Å². The second-order valence-corrected chi connectivity index (χ2v) is 5.44. The second-order valence-electron chi connectivity index (χ2n) is 5.44. The number of imidazole rings is 1. The number of rotatable bonds is 7. The first-order valence-electron chi connectivity index (χ1n) is 8.38. The SMILES string of the molecule is CC(N=O)=C(C)NO.[CH2-]CCONC(C)=C(C)N=O.[Co+2].c1ccc2[nH]cnc2c1. The molecule has 1 aromatic heterocycles. The average Bonchev–Trinajstić information content (AvgIpc) is 3.21. The van der Waals surface area contributed by atoms with E-state index < -0.39 is 0 Å². The first-order valence-corrected chi connectivity index (χ1v) is 8.38. The summed E-state index contributed by atoms with van der Waals surface area (Å²) < 4.78 is 0. The van der Waals surface area contributed by atoms with Crippen LogP contribution in [0.3, 0.4) is 0 Å². The molecule has 0 atom stereocenters. The molecule has 161 valence electrons. The van der Waals surface area contributed by atoms with Crippen LogP contribution in [-0.4, -0.2) is 21.8 Å². The first-order chi connectivity index (χ1) is 13.4. The molecule has 29 heavy (non-hydrogen) atoms. The van der Waals surface area contributed by atoms with Crippen molar-refractivity contribution in [2.24, 2.45) is 10.4 Å². The van der Waals surface area contributed by atoms with Crippen LogP contribution in [-0.2, 0) is 21.6 Å². The molecule has 1 heterocycles. The van der Waals surface area contributed by atoms with E-state index in [4.69, 9.17) is 10.0 Å². The van der Waals surface area contributed by atoms with Gasteiger partial charge in [-0.05, 0) is 50.2 Å². The van der Waals surface area contributed by atoms with Crippen LogP contribution in [0.5, 0.6) is 0 Å². The number of nitrogens with zero attached hydrogens (tertiary/aromatic N) is 3. The van der Waals surface area contributed by atoms with Crippen molar-refractivity contribution in [2.45, 2.75) is 34.1 Å². The van der Waals surface area contributed by atoms with Gasteiger partial charge in [-0.2, -0.15) is 6.42 Å². The van der Waals surface area contributed by atoms with E-state index in [1.165, 1.54) is 6.92 Å². The van der Waals surface area contributed by atoms with Crippen molar-refractivity contribution in [1.29, 1.82) is 0 Å². The molecule has 11 heteroatoms. The minimum absolute atomic E-state index is 0. The Balaban J connectivity index is 0. The molecule has 0 aliphatic carbocycles. The van der Waals surface area contributed by atoms with Crippen LogP contribution < -0.4 is 11.0 Å². The number of aromatic amines is 1. The van der Waals surface area contributed by atoms with Gasteiger partial charge >= 0.3 is 16.8 Å². The van der Waals surface area contributed by atoms with Gasteiger partial charge in [-0.3, -0.25) is 21.0 Å². The fourth-order valence-electron chi connectivity index (χ4n) is 1.40. The Bertz CT molecular complexity index is 761. The van der Waals surface area contributed by atoms with Gasteiger partial charge in [0.15, 0.2) is 0 Å². The Hall–Kier alpha value is -2.60. The van der Waals surface area contributed by atoms with Crippen LogP contribution in [0, 0.1) is 16.7 Å². The van der Waals surface area contributed by atoms with Crippen LogP contribution in [0.4, 0.5) is 0 Å². The molecule has 2 aromatic rings. The normalized spacial score (nSPS) is 11.2. The van der Waals surface area contributed by atoms with E-state index in [-0.39, 0.29) is 22.5 Å². The third kappa shape index (κ3) is 12.5. The largest absolute Gasteiger partial charge is 2.00 e. The summed E-state index contributed by atoms with van der Waals surface area (Å²) in [5, 5.41) is 13.4. The molecule has 0 bridgehead atoms. The van der Waals surface area contributed by atoms with Crippen LogP contribution in [0.25, 0.3) is 11.0 Å². The topological polar surface area (TPSA) is 141 Å². The predicted molar refractivity (Wildman–Crippen MR) is 108 cm³/mol. The summed E-state index contributed by atoms with van der Waals surface area (Å²) in [6.45, 7) is 10.5. The van der Waals surface area contributed by atoms with E-state index in [9.17, 15) is 9.81 Å². The molecular formula is C18H27CoN6O4+. The number of aromatic nitrogens is 2. The van der Waals surface area contributed by atoms with Crippen molar-refractivity contribution in [3.05, 3.63) is 70.1 Å². The second kappa shape index (κ2) is 17.5. The minimum atomic E-state index is 0. The number of H-pyrrole nitrogens is 1. The Morgan fingerprint density at radius 2 is 1.72 bits per heavy atom. The van der Waals surface area contributed by atoms with Gasteiger partial charge in [0, 0.05) is 6.61 Å². The fraction of sp³-hybridized carbons (Fsp3) is 0.333. The van der Waals surface area contributed by atoms with Crippen molar-refractivity contribution < 1.29 is 26.8 Å². The maximum Gasteiger partial charge on any atom is 2.00 e. The van der Waals surface area contributed by atoms with E-state index >= 15 is 0 Å². The number of para-hydroxylation sites is 2. The molecule has 0 aliphatic heterocycles. The summed E-state index contributed by atoms with van der Waals surface area (Å²) >= 11 is 0. The number of hydrogen-bond acceptors (Lipinski definition) is 9. The molecule has 0 fully saturated rings. The van der Waals surface area contributed by atoms with E-state index in [0.717, 1.165) is 11.0 Å². The number of hydrogen-bond donors (Lipinski definition) is 4. The minimum Gasteiger partial charge on any atom is -0.345 e. The van der Waals surface area contributed by atoms with Crippen LogP contribution >= 0.6 is 0 Å². The Kier molecular flexibility index (Phi) is 17.3. The van der Waals surface area contributed by atoms with Crippen molar-refractivity contribution >= 4 is 11.0 Å². The molecule has 10 nitrogen and oxygen atoms in total. The van der Waals surface area contributed by atoms with Gasteiger partial charge in [-0.25, -0.2) is 4.98 Å². The summed E-state index contributed by atoms with van der Waals surface area (Å²) in [5.74, 6) is 0. The third-order valence-electron chi connectivity index (χ3n) is 3.33. The average molecular weight is 450 g/mol. The Labute approximate surface area is 180 Å². The number of fused-ring (bicyclic) bond motifs is 1. The molecule has 0 amide bonds. The van der Waals surface area contributed by atoms with Crippen molar-refractivity contribution in [3.8, 4) is 0 Å². The van der Waals surface area contributed by atoms with Gasteiger partial charge in [-0.15, -0.1) is 9.81 Å². The van der Waals surface area contributed by atoms with E-state index in [2.05, 4.69) is 32.7 Å². The summed E-state index contributed by atoms with van der Waals surface area (Å²) in [5.41, 5.74) is 8.16. The molecule has 4 N–H and O–H groups in total. The quantitative estimate of drug-likeness (QED) is 0.213. The zero-order valence-electron chi connectivity index (χ0n) is 16.9. The van der Waals surface area contributed by atoms with Crippen molar-refractivity contribution in [1.82, 2.24) is 20.9 Å². The van der Waals surface area contributed by atoms with Gasteiger partial charge in [0.2, 0.25) is 0 Å². The molecule has 0 unspecified atom stereocenters. The molecule has 0 saturated heterocycles. The van der Waals surface area contributed by atoms with Crippen LogP contribution in [0.15, 0.2) is 63.7 Å². The fourth-order valence-corrected chi connectivity index (χ4v) is 1.40. The number of hydroxylamine groups is 2. The molecule has 1 aromatic carbocycles. The van der Waals surface area contributed by atoms with Crippen molar-refractivity contribution in [2.75, 3.05) is 6.61 Å². The molecule has 2 rings (SSSR count). The number of nitrogens with one attached hydrogen (secondary N) is 3. The Morgan fingerprint density at radius 1 is 1.14 bits per heavy atom. The van der Waals surface area contributed by atoms with E-state index in [1.54, 1.807) is 32.6 Å². The van der Waals surface area contributed by atoms with Gasteiger partial charge < -0.3 is 11.9 Å². The van der Waals surface area contributed by atoms with Gasteiger partial charge in [0.25, 0.3) is 0 Å². The summed E-state index contributed by atoms with van der Waals surface area (Å²) in [7, 11) is 0. The maximum absolute atomic E-state index is 9.96.